The van der Waals surface area contributed by atoms with Crippen LogP contribution in [0.4, 0.5) is 5.69 Å². The third-order valence-electron chi connectivity index (χ3n) is 2.99. The zero-order valence-corrected chi connectivity index (χ0v) is 12.3. The minimum absolute atomic E-state index is 0.102. The van der Waals surface area contributed by atoms with Gasteiger partial charge in [0.15, 0.2) is 0 Å². The smallest absolute Gasteiger partial charge is 0.312 e. The van der Waals surface area contributed by atoms with Gasteiger partial charge in [0.25, 0.3) is 0 Å². The van der Waals surface area contributed by atoms with E-state index in [2.05, 4.69) is 0 Å². The molecule has 6 heteroatoms. The molecule has 2 aromatic carbocycles. The van der Waals surface area contributed by atoms with Gasteiger partial charge in [-0.15, -0.1) is 0 Å². The standard InChI is InChI=1S/C15H14ClNO4/c1-9-5-10(2)15(13(6-9)17(19)20)21-14-4-3-11(8-18)7-12(14)16/h3-7,18H,8H2,1-2H3. The molecule has 0 unspecified atom stereocenters. The maximum Gasteiger partial charge on any atom is 0.312 e. The van der Waals surface area contributed by atoms with Gasteiger partial charge in [-0.2, -0.15) is 0 Å². The van der Waals surface area contributed by atoms with E-state index in [-0.39, 0.29) is 23.1 Å². The second kappa shape index (κ2) is 6.11. The number of hydrogen-bond donors (Lipinski definition) is 1. The Morgan fingerprint density at radius 1 is 1.29 bits per heavy atom. The number of nitro groups is 1. The first kappa shape index (κ1) is 15.3. The molecule has 5 nitrogen and oxygen atoms in total. The van der Waals surface area contributed by atoms with Gasteiger partial charge in [0.05, 0.1) is 16.6 Å². The molecule has 1 N–H and O–H groups in total. The second-order valence-electron chi connectivity index (χ2n) is 4.71. The van der Waals surface area contributed by atoms with Crippen LogP contribution in [0.2, 0.25) is 5.02 Å². The number of benzene rings is 2. The highest BCUT2D eigenvalue weighted by molar-refractivity contribution is 6.32. The summed E-state index contributed by atoms with van der Waals surface area (Å²) in [5.41, 5.74) is 1.98. The van der Waals surface area contributed by atoms with Crippen molar-refractivity contribution < 1.29 is 14.8 Å². The predicted octanol–water partition coefficient (Wildman–Crippen LogP) is 4.15. The van der Waals surface area contributed by atoms with Gasteiger partial charge >= 0.3 is 5.69 Å². The van der Waals surface area contributed by atoms with Crippen LogP contribution in [0.1, 0.15) is 16.7 Å². The number of aryl methyl sites for hydroxylation is 2. The van der Waals surface area contributed by atoms with Crippen molar-refractivity contribution in [2.75, 3.05) is 0 Å². The number of aliphatic hydroxyl groups is 1. The maximum atomic E-state index is 11.2. The van der Waals surface area contributed by atoms with Crippen molar-refractivity contribution in [1.29, 1.82) is 0 Å². The van der Waals surface area contributed by atoms with E-state index in [9.17, 15) is 10.1 Å². The molecule has 21 heavy (non-hydrogen) atoms. The summed E-state index contributed by atoms with van der Waals surface area (Å²) < 4.78 is 5.63. The van der Waals surface area contributed by atoms with Crippen LogP contribution in [0.3, 0.4) is 0 Å². The van der Waals surface area contributed by atoms with E-state index in [1.165, 1.54) is 6.07 Å². The molecule has 0 aliphatic rings. The third-order valence-corrected chi connectivity index (χ3v) is 3.28. The molecule has 0 heterocycles. The zero-order chi connectivity index (χ0) is 15.6. The molecule has 110 valence electrons. The van der Waals surface area contributed by atoms with Gasteiger partial charge in [0.2, 0.25) is 5.75 Å². The van der Waals surface area contributed by atoms with Crippen LogP contribution < -0.4 is 4.74 Å². The normalized spacial score (nSPS) is 10.5. The van der Waals surface area contributed by atoms with E-state index in [0.717, 1.165) is 5.56 Å². The first-order valence-electron chi connectivity index (χ1n) is 6.25. The Morgan fingerprint density at radius 3 is 2.57 bits per heavy atom. The zero-order valence-electron chi connectivity index (χ0n) is 11.6. The Bertz CT molecular complexity index is 700. The second-order valence-corrected chi connectivity index (χ2v) is 5.12. The number of nitro benzene ring substituents is 1. The van der Waals surface area contributed by atoms with Crippen molar-refractivity contribution >= 4 is 17.3 Å². The van der Waals surface area contributed by atoms with E-state index >= 15 is 0 Å². The van der Waals surface area contributed by atoms with Crippen molar-refractivity contribution in [3.05, 3.63) is 62.2 Å². The molecule has 0 aromatic heterocycles. The van der Waals surface area contributed by atoms with Gasteiger partial charge in [0, 0.05) is 6.07 Å². The summed E-state index contributed by atoms with van der Waals surface area (Å²) in [6.07, 6.45) is 0. The van der Waals surface area contributed by atoms with Crippen LogP contribution in [0.5, 0.6) is 11.5 Å². The largest absolute Gasteiger partial charge is 0.448 e. The molecular weight excluding hydrogens is 294 g/mol. The van der Waals surface area contributed by atoms with Crippen LogP contribution in [0.25, 0.3) is 0 Å². The summed E-state index contributed by atoms with van der Waals surface area (Å²) >= 11 is 6.07. The average molecular weight is 308 g/mol. The molecule has 0 saturated heterocycles. The molecule has 0 saturated carbocycles. The van der Waals surface area contributed by atoms with Crippen molar-refractivity contribution in [3.8, 4) is 11.5 Å². The lowest BCUT2D eigenvalue weighted by Gasteiger charge is -2.12. The summed E-state index contributed by atoms with van der Waals surface area (Å²) in [4.78, 5) is 10.7. The molecule has 0 bridgehead atoms. The lowest BCUT2D eigenvalue weighted by atomic mass is 10.1. The first-order valence-corrected chi connectivity index (χ1v) is 6.63. The molecule has 0 aliphatic carbocycles. The lowest BCUT2D eigenvalue weighted by Crippen LogP contribution is -1.97. The van der Waals surface area contributed by atoms with Gasteiger partial charge in [-0.3, -0.25) is 10.1 Å². The molecular formula is C15H14ClNO4. The number of ether oxygens (including phenoxy) is 1. The predicted molar refractivity (Wildman–Crippen MR) is 80.0 cm³/mol. The van der Waals surface area contributed by atoms with Crippen LogP contribution in [0, 0.1) is 24.0 Å². The number of halogens is 1. The van der Waals surface area contributed by atoms with Crippen LogP contribution >= 0.6 is 11.6 Å². The Balaban J connectivity index is 2.46. The average Bonchev–Trinajstić information content (AvgIpc) is 2.42. The molecule has 0 aliphatic heterocycles. The molecule has 0 fully saturated rings. The fourth-order valence-corrected chi connectivity index (χ4v) is 2.28. The highest BCUT2D eigenvalue weighted by Crippen LogP contribution is 2.38. The molecule has 0 atom stereocenters. The highest BCUT2D eigenvalue weighted by atomic mass is 35.5. The van der Waals surface area contributed by atoms with Crippen molar-refractivity contribution in [1.82, 2.24) is 0 Å². The monoisotopic (exact) mass is 307 g/mol. The number of hydrogen-bond acceptors (Lipinski definition) is 4. The van der Waals surface area contributed by atoms with E-state index in [1.807, 2.05) is 0 Å². The number of rotatable bonds is 4. The quantitative estimate of drug-likeness (QED) is 0.680. The number of nitrogens with zero attached hydrogens (tertiary/aromatic N) is 1. The Hall–Kier alpha value is -2.11. The van der Waals surface area contributed by atoms with Gasteiger partial charge in [-0.25, -0.2) is 0 Å². The fraction of sp³-hybridized carbons (Fsp3) is 0.200. The number of aliphatic hydroxyl groups excluding tert-OH is 1. The Labute approximate surface area is 126 Å². The van der Waals surface area contributed by atoms with E-state index in [1.54, 1.807) is 38.1 Å². The summed E-state index contributed by atoms with van der Waals surface area (Å²) in [6.45, 7) is 3.39. The van der Waals surface area contributed by atoms with Gasteiger partial charge in [-0.05, 0) is 42.7 Å². The van der Waals surface area contributed by atoms with E-state index in [0.29, 0.717) is 16.9 Å². The molecule has 2 aromatic rings. The van der Waals surface area contributed by atoms with Gasteiger partial charge in [-0.1, -0.05) is 23.7 Å². The third kappa shape index (κ3) is 3.32. The van der Waals surface area contributed by atoms with Crippen LogP contribution in [-0.4, -0.2) is 10.0 Å². The van der Waals surface area contributed by atoms with Crippen molar-refractivity contribution in [3.63, 3.8) is 0 Å². The summed E-state index contributed by atoms with van der Waals surface area (Å²) in [6, 6.07) is 8.05. The molecule has 0 amide bonds. The summed E-state index contributed by atoms with van der Waals surface area (Å²) in [5.74, 6) is 0.480. The van der Waals surface area contributed by atoms with Gasteiger partial charge < -0.3 is 9.84 Å². The highest BCUT2D eigenvalue weighted by Gasteiger charge is 2.20. The van der Waals surface area contributed by atoms with Crippen molar-refractivity contribution in [2.45, 2.75) is 20.5 Å². The first-order chi connectivity index (χ1) is 9.92. The minimum atomic E-state index is -0.481. The summed E-state index contributed by atoms with van der Waals surface area (Å²) in [5, 5.41) is 20.5. The molecule has 2 rings (SSSR count). The van der Waals surface area contributed by atoms with Gasteiger partial charge in [0.1, 0.15) is 5.75 Å². The molecule has 0 radical (unpaired) electrons. The maximum absolute atomic E-state index is 11.2. The Morgan fingerprint density at radius 2 is 2.00 bits per heavy atom. The Kier molecular flexibility index (Phi) is 4.45. The van der Waals surface area contributed by atoms with Crippen molar-refractivity contribution in [2.24, 2.45) is 0 Å². The van der Waals surface area contributed by atoms with Crippen LogP contribution in [-0.2, 0) is 6.61 Å². The molecule has 0 spiro atoms. The van der Waals surface area contributed by atoms with Crippen LogP contribution in [0.15, 0.2) is 30.3 Å². The van der Waals surface area contributed by atoms with E-state index < -0.39 is 4.92 Å². The topological polar surface area (TPSA) is 72.6 Å². The fourth-order valence-electron chi connectivity index (χ4n) is 2.04. The minimum Gasteiger partial charge on any atom is -0.448 e. The van der Waals surface area contributed by atoms with E-state index in [4.69, 9.17) is 21.4 Å². The lowest BCUT2D eigenvalue weighted by molar-refractivity contribution is -0.385. The SMILES string of the molecule is Cc1cc(C)c(Oc2ccc(CO)cc2Cl)c([N+](=O)[O-])c1. The summed E-state index contributed by atoms with van der Waals surface area (Å²) in [7, 11) is 0.